The van der Waals surface area contributed by atoms with Crippen LogP contribution in [0.25, 0.3) is 0 Å². The number of nitrogens with zero attached hydrogens (tertiary/aromatic N) is 1. The third-order valence-corrected chi connectivity index (χ3v) is 2.90. The number of nitro groups is 1. The number of hydrogen-bond donors (Lipinski definition) is 2. The van der Waals surface area contributed by atoms with Gasteiger partial charge in [0, 0.05) is 19.5 Å². The summed E-state index contributed by atoms with van der Waals surface area (Å²) in [6.07, 6.45) is 2.69. The molecule has 2 amide bonds. The summed E-state index contributed by atoms with van der Waals surface area (Å²) in [6, 6.07) is 1.61. The van der Waals surface area contributed by atoms with Crippen LogP contribution in [0.5, 0.6) is 0 Å². The monoisotopic (exact) mass is 311 g/mol. The molecule has 0 aromatic heterocycles. The molecule has 0 bridgehead atoms. The Kier molecular flexibility index (Phi) is 6.43. The molecule has 0 heterocycles. The van der Waals surface area contributed by atoms with Crippen molar-refractivity contribution in [2.75, 3.05) is 11.9 Å². The minimum atomic E-state index is -1.13. The molecule has 0 saturated carbocycles. The molecule has 0 spiro atoms. The summed E-state index contributed by atoms with van der Waals surface area (Å²) in [5, 5.41) is 15.6. The zero-order chi connectivity index (χ0) is 16.7. The van der Waals surface area contributed by atoms with E-state index in [9.17, 15) is 24.1 Å². The van der Waals surface area contributed by atoms with Crippen LogP contribution in [0, 0.1) is 15.9 Å². The van der Waals surface area contributed by atoms with Gasteiger partial charge in [-0.2, -0.15) is 4.39 Å². The van der Waals surface area contributed by atoms with Crippen molar-refractivity contribution < 1.29 is 18.9 Å². The normalized spacial score (nSPS) is 10.1. The average Bonchev–Trinajstić information content (AvgIpc) is 2.44. The van der Waals surface area contributed by atoms with Crippen molar-refractivity contribution in [3.63, 3.8) is 0 Å². The van der Waals surface area contributed by atoms with Crippen LogP contribution in [0.3, 0.4) is 0 Å². The van der Waals surface area contributed by atoms with E-state index in [1.165, 1.54) is 6.92 Å². The van der Waals surface area contributed by atoms with Gasteiger partial charge in [0.15, 0.2) is 0 Å². The van der Waals surface area contributed by atoms with Crippen LogP contribution in [0.4, 0.5) is 15.8 Å². The van der Waals surface area contributed by atoms with Crippen molar-refractivity contribution in [2.45, 2.75) is 33.1 Å². The van der Waals surface area contributed by atoms with E-state index in [-0.39, 0.29) is 11.3 Å². The summed E-state index contributed by atoms with van der Waals surface area (Å²) in [6.45, 7) is 3.62. The molecule has 0 radical (unpaired) electrons. The Hall–Kier alpha value is -2.51. The Morgan fingerprint density at radius 1 is 1.32 bits per heavy atom. The van der Waals surface area contributed by atoms with Crippen molar-refractivity contribution in [1.82, 2.24) is 5.32 Å². The Morgan fingerprint density at radius 2 is 2.00 bits per heavy atom. The Balaban J connectivity index is 3.05. The number of nitrogens with one attached hydrogen (secondary N) is 2. The second-order valence-corrected chi connectivity index (χ2v) is 4.75. The quantitative estimate of drug-likeness (QED) is 0.459. The molecule has 0 atom stereocenters. The van der Waals surface area contributed by atoms with Crippen molar-refractivity contribution in [1.29, 1.82) is 0 Å². The first-order chi connectivity index (χ1) is 10.4. The lowest BCUT2D eigenvalue weighted by Gasteiger charge is -2.11. The van der Waals surface area contributed by atoms with Crippen molar-refractivity contribution in [3.8, 4) is 0 Å². The van der Waals surface area contributed by atoms with Gasteiger partial charge in [-0.15, -0.1) is 0 Å². The summed E-state index contributed by atoms with van der Waals surface area (Å²) in [7, 11) is 0. The number of halogens is 1. The third kappa shape index (κ3) is 4.80. The molecule has 0 saturated heterocycles. The number of hydrogen-bond acceptors (Lipinski definition) is 4. The van der Waals surface area contributed by atoms with Gasteiger partial charge in [-0.3, -0.25) is 19.7 Å². The number of carbonyl (C=O) groups is 2. The van der Waals surface area contributed by atoms with Gasteiger partial charge >= 0.3 is 5.69 Å². The van der Waals surface area contributed by atoms with E-state index in [0.29, 0.717) is 6.54 Å². The minimum absolute atomic E-state index is 0.0893. The van der Waals surface area contributed by atoms with E-state index in [1.54, 1.807) is 0 Å². The van der Waals surface area contributed by atoms with Gasteiger partial charge < -0.3 is 10.6 Å². The molecule has 0 aliphatic carbocycles. The maximum Gasteiger partial charge on any atom is 0.306 e. The standard InChI is InChI=1S/C14H18FN3O4/c1-3-4-5-6-16-14(20)10-7-11(15)13(18(21)22)8-12(10)17-9(2)19/h7-8H,3-6H2,1-2H3,(H,16,20)(H,17,19). The number of unbranched alkanes of at least 4 members (excludes halogenated alkanes) is 2. The summed E-state index contributed by atoms with van der Waals surface area (Å²) in [5.41, 5.74) is -1.03. The lowest BCUT2D eigenvalue weighted by atomic mass is 10.1. The fourth-order valence-corrected chi connectivity index (χ4v) is 1.85. The zero-order valence-corrected chi connectivity index (χ0v) is 12.4. The topological polar surface area (TPSA) is 101 Å². The lowest BCUT2D eigenvalue weighted by molar-refractivity contribution is -0.387. The molecule has 22 heavy (non-hydrogen) atoms. The van der Waals surface area contributed by atoms with Crippen molar-refractivity contribution in [3.05, 3.63) is 33.6 Å². The second kappa shape index (κ2) is 8.06. The van der Waals surface area contributed by atoms with E-state index in [4.69, 9.17) is 0 Å². The molecule has 1 aromatic rings. The molecule has 120 valence electrons. The Labute approximate surface area is 127 Å². The van der Waals surface area contributed by atoms with Gasteiger partial charge in [-0.1, -0.05) is 19.8 Å². The van der Waals surface area contributed by atoms with Gasteiger partial charge in [0.05, 0.1) is 16.2 Å². The highest BCUT2D eigenvalue weighted by atomic mass is 19.1. The van der Waals surface area contributed by atoms with Crippen LogP contribution < -0.4 is 10.6 Å². The molecule has 2 N–H and O–H groups in total. The first kappa shape index (κ1) is 17.5. The van der Waals surface area contributed by atoms with E-state index < -0.39 is 28.2 Å². The molecule has 0 fully saturated rings. The average molecular weight is 311 g/mol. The van der Waals surface area contributed by atoms with Crippen molar-refractivity contribution >= 4 is 23.2 Å². The minimum Gasteiger partial charge on any atom is -0.352 e. The van der Waals surface area contributed by atoms with Crippen molar-refractivity contribution in [2.24, 2.45) is 0 Å². The molecule has 1 rings (SSSR count). The largest absolute Gasteiger partial charge is 0.352 e. The summed E-state index contributed by atoms with van der Waals surface area (Å²) >= 11 is 0. The zero-order valence-electron chi connectivity index (χ0n) is 12.4. The number of benzene rings is 1. The summed E-state index contributed by atoms with van der Waals surface area (Å²) < 4.78 is 13.7. The summed E-state index contributed by atoms with van der Waals surface area (Å²) in [4.78, 5) is 33.0. The molecule has 0 aliphatic rings. The van der Waals surface area contributed by atoms with Gasteiger partial charge in [-0.25, -0.2) is 0 Å². The third-order valence-electron chi connectivity index (χ3n) is 2.90. The first-order valence-corrected chi connectivity index (χ1v) is 6.90. The number of amides is 2. The maximum absolute atomic E-state index is 13.7. The fraction of sp³-hybridized carbons (Fsp3) is 0.429. The molecule has 7 nitrogen and oxygen atoms in total. The smallest absolute Gasteiger partial charge is 0.306 e. The van der Waals surface area contributed by atoms with Gasteiger partial charge in [0.2, 0.25) is 11.7 Å². The van der Waals surface area contributed by atoms with Crippen LogP contribution in [0.15, 0.2) is 12.1 Å². The highest BCUT2D eigenvalue weighted by molar-refractivity contribution is 6.03. The summed E-state index contributed by atoms with van der Waals surface area (Å²) in [5.74, 6) is -2.23. The lowest BCUT2D eigenvalue weighted by Crippen LogP contribution is -2.26. The number of nitro benzene ring substituents is 1. The second-order valence-electron chi connectivity index (χ2n) is 4.75. The molecule has 0 aliphatic heterocycles. The van der Waals surface area contributed by atoms with Crippen LogP contribution in [0.1, 0.15) is 43.5 Å². The van der Waals surface area contributed by atoms with Crippen LogP contribution in [0.2, 0.25) is 0 Å². The van der Waals surface area contributed by atoms with Gasteiger partial charge in [0.25, 0.3) is 5.91 Å². The Morgan fingerprint density at radius 3 is 2.55 bits per heavy atom. The van der Waals surface area contributed by atoms with E-state index in [0.717, 1.165) is 31.4 Å². The molecule has 8 heteroatoms. The van der Waals surface area contributed by atoms with Crippen LogP contribution in [-0.4, -0.2) is 23.3 Å². The molecule has 0 unspecified atom stereocenters. The SMILES string of the molecule is CCCCCNC(=O)c1cc(F)c([N+](=O)[O-])cc1NC(C)=O. The predicted octanol–water partition coefficient (Wildman–Crippen LogP) is 2.61. The van der Waals surface area contributed by atoms with E-state index in [2.05, 4.69) is 10.6 Å². The molecular formula is C14H18FN3O4. The van der Waals surface area contributed by atoms with E-state index in [1.807, 2.05) is 6.92 Å². The number of rotatable bonds is 7. The van der Waals surface area contributed by atoms with E-state index >= 15 is 0 Å². The van der Waals surface area contributed by atoms with Gasteiger partial charge in [0.1, 0.15) is 0 Å². The number of carbonyl (C=O) groups excluding carboxylic acids is 2. The predicted molar refractivity (Wildman–Crippen MR) is 79.2 cm³/mol. The van der Waals surface area contributed by atoms with Gasteiger partial charge in [-0.05, 0) is 12.5 Å². The molecular weight excluding hydrogens is 293 g/mol. The maximum atomic E-state index is 13.7. The Bertz CT molecular complexity index is 590. The first-order valence-electron chi connectivity index (χ1n) is 6.90. The highest BCUT2D eigenvalue weighted by Crippen LogP contribution is 2.26. The number of anilines is 1. The highest BCUT2D eigenvalue weighted by Gasteiger charge is 2.22. The molecule has 1 aromatic carbocycles. The van der Waals surface area contributed by atoms with Crippen LogP contribution >= 0.6 is 0 Å². The fourth-order valence-electron chi connectivity index (χ4n) is 1.85. The van der Waals surface area contributed by atoms with Crippen LogP contribution in [-0.2, 0) is 4.79 Å².